The van der Waals surface area contributed by atoms with Crippen molar-refractivity contribution in [3.8, 4) is 0 Å². The zero-order chi connectivity index (χ0) is 12.3. The van der Waals surface area contributed by atoms with Crippen molar-refractivity contribution >= 4 is 17.5 Å². The quantitative estimate of drug-likeness (QED) is 0.882. The summed E-state index contributed by atoms with van der Waals surface area (Å²) >= 11 is 0. The summed E-state index contributed by atoms with van der Waals surface area (Å²) in [4.78, 5) is 10.0. The summed E-state index contributed by atoms with van der Waals surface area (Å²) in [5, 5.41) is 0. The topological polar surface area (TPSA) is 55.0 Å². The lowest BCUT2D eigenvalue weighted by Crippen LogP contribution is -2.19. The van der Waals surface area contributed by atoms with Crippen LogP contribution in [0.15, 0.2) is 36.5 Å². The molecule has 0 aliphatic carbocycles. The third-order valence-electron chi connectivity index (χ3n) is 2.34. The summed E-state index contributed by atoms with van der Waals surface area (Å²) in [5.74, 6) is 0.577. The first-order valence-corrected chi connectivity index (χ1v) is 5.32. The lowest BCUT2D eigenvalue weighted by atomic mass is 10.3. The summed E-state index contributed by atoms with van der Waals surface area (Å²) in [6, 6.07) is 7.91. The Labute approximate surface area is 98.9 Å². The Hall–Kier alpha value is -2.17. The SMILES string of the molecule is CCN(c1cccc(F)c1)c1nccc(N)n1. The molecule has 0 atom stereocenters. The van der Waals surface area contributed by atoms with Crippen molar-refractivity contribution in [3.63, 3.8) is 0 Å². The van der Waals surface area contributed by atoms with E-state index >= 15 is 0 Å². The van der Waals surface area contributed by atoms with Crippen LogP contribution in [0.25, 0.3) is 0 Å². The smallest absolute Gasteiger partial charge is 0.231 e. The van der Waals surface area contributed by atoms with E-state index in [4.69, 9.17) is 5.73 Å². The van der Waals surface area contributed by atoms with Crippen molar-refractivity contribution in [2.75, 3.05) is 17.2 Å². The molecule has 4 nitrogen and oxygen atoms in total. The van der Waals surface area contributed by atoms with Gasteiger partial charge in [-0.1, -0.05) is 6.07 Å². The maximum absolute atomic E-state index is 13.2. The number of benzene rings is 1. The highest BCUT2D eigenvalue weighted by Gasteiger charge is 2.10. The lowest BCUT2D eigenvalue weighted by Gasteiger charge is -2.20. The maximum atomic E-state index is 13.2. The molecule has 0 fully saturated rings. The van der Waals surface area contributed by atoms with Gasteiger partial charge in [0.15, 0.2) is 0 Å². The molecule has 2 rings (SSSR count). The van der Waals surface area contributed by atoms with Gasteiger partial charge in [0.2, 0.25) is 5.95 Å². The van der Waals surface area contributed by atoms with Gasteiger partial charge in [-0.05, 0) is 31.2 Å². The monoisotopic (exact) mass is 232 g/mol. The van der Waals surface area contributed by atoms with Gasteiger partial charge in [0.1, 0.15) is 11.6 Å². The molecular weight excluding hydrogens is 219 g/mol. The van der Waals surface area contributed by atoms with E-state index in [1.165, 1.54) is 12.1 Å². The Bertz CT molecular complexity index is 470. The molecule has 0 spiro atoms. The first kappa shape index (κ1) is 11.3. The van der Waals surface area contributed by atoms with Crippen LogP contribution in [0.4, 0.5) is 21.8 Å². The van der Waals surface area contributed by atoms with Crippen molar-refractivity contribution in [1.29, 1.82) is 0 Å². The van der Waals surface area contributed by atoms with Crippen molar-refractivity contribution in [2.45, 2.75) is 6.92 Å². The predicted molar refractivity (Wildman–Crippen MR) is 65.5 cm³/mol. The molecule has 0 amide bonds. The minimum atomic E-state index is -0.287. The van der Waals surface area contributed by atoms with Gasteiger partial charge < -0.3 is 10.6 Å². The highest BCUT2D eigenvalue weighted by molar-refractivity contribution is 5.57. The summed E-state index contributed by atoms with van der Waals surface area (Å²) < 4.78 is 13.2. The van der Waals surface area contributed by atoms with Crippen LogP contribution < -0.4 is 10.6 Å². The molecule has 0 saturated heterocycles. The fourth-order valence-corrected chi connectivity index (χ4v) is 1.58. The highest BCUT2D eigenvalue weighted by atomic mass is 19.1. The van der Waals surface area contributed by atoms with Gasteiger partial charge in [-0.25, -0.2) is 9.37 Å². The van der Waals surface area contributed by atoms with Crippen LogP contribution in [0, 0.1) is 5.82 Å². The van der Waals surface area contributed by atoms with Gasteiger partial charge in [-0.15, -0.1) is 0 Å². The van der Waals surface area contributed by atoms with Crippen LogP contribution in [0.2, 0.25) is 0 Å². The van der Waals surface area contributed by atoms with Crippen LogP contribution >= 0.6 is 0 Å². The van der Waals surface area contributed by atoms with E-state index in [1.54, 1.807) is 29.3 Å². The Morgan fingerprint density at radius 3 is 2.82 bits per heavy atom. The number of nitrogens with two attached hydrogens (primary N) is 1. The average molecular weight is 232 g/mol. The Morgan fingerprint density at radius 1 is 1.35 bits per heavy atom. The number of aromatic nitrogens is 2. The van der Waals surface area contributed by atoms with Crippen molar-refractivity contribution < 1.29 is 4.39 Å². The van der Waals surface area contributed by atoms with E-state index in [1.807, 2.05) is 6.92 Å². The molecule has 0 bridgehead atoms. The Kier molecular flexibility index (Phi) is 3.18. The number of nitrogen functional groups attached to an aromatic ring is 1. The number of anilines is 3. The van der Waals surface area contributed by atoms with E-state index < -0.39 is 0 Å². The highest BCUT2D eigenvalue weighted by Crippen LogP contribution is 2.22. The van der Waals surface area contributed by atoms with Crippen LogP contribution in [0.3, 0.4) is 0 Å². The zero-order valence-electron chi connectivity index (χ0n) is 9.47. The molecule has 0 saturated carbocycles. The van der Waals surface area contributed by atoms with Gasteiger partial charge >= 0.3 is 0 Å². The van der Waals surface area contributed by atoms with Crippen molar-refractivity contribution in [2.24, 2.45) is 0 Å². The minimum absolute atomic E-state index is 0.287. The molecule has 0 aliphatic rings. The zero-order valence-corrected chi connectivity index (χ0v) is 9.47. The number of halogens is 1. The van der Waals surface area contributed by atoms with E-state index in [0.717, 1.165) is 0 Å². The van der Waals surface area contributed by atoms with Crippen LogP contribution in [0.1, 0.15) is 6.92 Å². The van der Waals surface area contributed by atoms with Gasteiger partial charge in [0.05, 0.1) is 0 Å². The average Bonchev–Trinajstić information content (AvgIpc) is 2.30. The first-order chi connectivity index (χ1) is 8.20. The molecule has 0 radical (unpaired) electrons. The number of rotatable bonds is 3. The van der Waals surface area contributed by atoms with Gasteiger partial charge in [0.25, 0.3) is 0 Å². The molecule has 88 valence electrons. The molecule has 1 heterocycles. The van der Waals surface area contributed by atoms with E-state index in [-0.39, 0.29) is 5.82 Å². The molecule has 2 N–H and O–H groups in total. The molecular formula is C12H13FN4. The van der Waals surface area contributed by atoms with Gasteiger partial charge in [-0.3, -0.25) is 0 Å². The van der Waals surface area contributed by atoms with E-state index in [2.05, 4.69) is 9.97 Å². The number of nitrogens with zero attached hydrogens (tertiary/aromatic N) is 3. The molecule has 0 unspecified atom stereocenters. The molecule has 2 aromatic rings. The molecule has 1 aromatic carbocycles. The standard InChI is InChI=1S/C12H13FN4/c1-2-17(10-5-3-4-9(13)8-10)12-15-7-6-11(14)16-12/h3-8H,2H2,1H3,(H2,14,15,16). The normalized spacial score (nSPS) is 10.2. The fraction of sp³-hybridized carbons (Fsp3) is 0.167. The molecule has 1 aromatic heterocycles. The van der Waals surface area contributed by atoms with Crippen LogP contribution in [-0.4, -0.2) is 16.5 Å². The molecule has 17 heavy (non-hydrogen) atoms. The maximum Gasteiger partial charge on any atom is 0.231 e. The van der Waals surface area contributed by atoms with Gasteiger partial charge in [-0.2, -0.15) is 4.98 Å². The summed E-state index contributed by atoms with van der Waals surface area (Å²) in [6.45, 7) is 2.57. The fourth-order valence-electron chi connectivity index (χ4n) is 1.58. The second kappa shape index (κ2) is 4.78. The largest absolute Gasteiger partial charge is 0.384 e. The predicted octanol–water partition coefficient (Wildman–Crippen LogP) is 2.36. The summed E-state index contributed by atoms with van der Waals surface area (Å²) in [6.07, 6.45) is 1.58. The van der Waals surface area contributed by atoms with E-state index in [0.29, 0.717) is 24.0 Å². The molecule has 0 aliphatic heterocycles. The van der Waals surface area contributed by atoms with Crippen LogP contribution in [0.5, 0.6) is 0 Å². The Morgan fingerprint density at radius 2 is 2.18 bits per heavy atom. The van der Waals surface area contributed by atoms with Crippen molar-refractivity contribution in [3.05, 3.63) is 42.3 Å². The number of hydrogen-bond donors (Lipinski definition) is 1. The number of hydrogen-bond acceptors (Lipinski definition) is 4. The summed E-state index contributed by atoms with van der Waals surface area (Å²) in [7, 11) is 0. The second-order valence-electron chi connectivity index (χ2n) is 3.51. The van der Waals surface area contributed by atoms with Gasteiger partial charge in [0, 0.05) is 18.4 Å². The van der Waals surface area contributed by atoms with Crippen LogP contribution in [-0.2, 0) is 0 Å². The van der Waals surface area contributed by atoms with E-state index in [9.17, 15) is 4.39 Å². The minimum Gasteiger partial charge on any atom is -0.384 e. The third-order valence-corrected chi connectivity index (χ3v) is 2.34. The molecule has 5 heteroatoms. The Balaban J connectivity index is 2.40. The second-order valence-corrected chi connectivity index (χ2v) is 3.51. The summed E-state index contributed by atoms with van der Waals surface area (Å²) in [5.41, 5.74) is 6.31. The third kappa shape index (κ3) is 2.50. The lowest BCUT2D eigenvalue weighted by molar-refractivity contribution is 0.627. The van der Waals surface area contributed by atoms with Crippen molar-refractivity contribution in [1.82, 2.24) is 9.97 Å². The first-order valence-electron chi connectivity index (χ1n) is 5.32.